The average Bonchev–Trinajstić information content (AvgIpc) is 2.34. The topological polar surface area (TPSA) is 38.7 Å². The fourth-order valence-electron chi connectivity index (χ4n) is 2.30. The first-order valence-electron chi connectivity index (χ1n) is 6.81. The van der Waals surface area contributed by atoms with Gasteiger partial charge in [0.1, 0.15) is 5.75 Å². The number of ether oxygens (including phenoxy) is 2. The third-order valence-corrected chi connectivity index (χ3v) is 3.15. The molecular formula is C15H22O3. The van der Waals surface area contributed by atoms with Crippen molar-refractivity contribution in [3.8, 4) is 17.2 Å². The van der Waals surface area contributed by atoms with Crippen molar-refractivity contribution in [3.63, 3.8) is 0 Å². The Morgan fingerprint density at radius 2 is 1.89 bits per heavy atom. The Kier molecular flexibility index (Phi) is 4.34. The minimum atomic E-state index is 0.122. The van der Waals surface area contributed by atoms with Crippen LogP contribution >= 0.6 is 0 Å². The summed E-state index contributed by atoms with van der Waals surface area (Å²) in [5.41, 5.74) is 0. The second-order valence-corrected chi connectivity index (χ2v) is 5.17. The molecule has 0 heterocycles. The van der Waals surface area contributed by atoms with Gasteiger partial charge in [-0.1, -0.05) is 6.42 Å². The van der Waals surface area contributed by atoms with Gasteiger partial charge in [-0.2, -0.15) is 0 Å². The van der Waals surface area contributed by atoms with Gasteiger partial charge in [0.25, 0.3) is 0 Å². The Bertz CT molecular complexity index is 381. The summed E-state index contributed by atoms with van der Waals surface area (Å²) in [4.78, 5) is 0. The van der Waals surface area contributed by atoms with E-state index < -0.39 is 0 Å². The largest absolute Gasteiger partial charge is 0.504 e. The fourth-order valence-corrected chi connectivity index (χ4v) is 2.30. The van der Waals surface area contributed by atoms with E-state index in [2.05, 4.69) is 0 Å². The zero-order chi connectivity index (χ0) is 13.0. The van der Waals surface area contributed by atoms with Crippen LogP contribution in [0.25, 0.3) is 0 Å². The Balaban J connectivity index is 2.05. The van der Waals surface area contributed by atoms with Crippen molar-refractivity contribution in [1.82, 2.24) is 0 Å². The summed E-state index contributed by atoms with van der Waals surface area (Å²) in [6.45, 7) is 3.96. The highest BCUT2D eigenvalue weighted by Gasteiger charge is 2.17. The summed E-state index contributed by atoms with van der Waals surface area (Å²) in [6.07, 6.45) is 6.24. The molecule has 1 saturated carbocycles. The van der Waals surface area contributed by atoms with Crippen LogP contribution in [-0.2, 0) is 0 Å². The average molecular weight is 250 g/mol. The molecule has 1 aliphatic carbocycles. The lowest BCUT2D eigenvalue weighted by molar-refractivity contribution is 0.148. The molecule has 1 aliphatic rings. The van der Waals surface area contributed by atoms with Crippen LogP contribution in [0.1, 0.15) is 46.0 Å². The minimum absolute atomic E-state index is 0.122. The monoisotopic (exact) mass is 250 g/mol. The maximum atomic E-state index is 9.82. The molecule has 0 atom stereocenters. The zero-order valence-corrected chi connectivity index (χ0v) is 11.2. The molecule has 1 aromatic carbocycles. The van der Waals surface area contributed by atoms with Gasteiger partial charge in [-0.25, -0.2) is 0 Å². The highest BCUT2D eigenvalue weighted by atomic mass is 16.5. The van der Waals surface area contributed by atoms with Crippen molar-refractivity contribution in [3.05, 3.63) is 18.2 Å². The van der Waals surface area contributed by atoms with Crippen molar-refractivity contribution in [1.29, 1.82) is 0 Å². The summed E-state index contributed by atoms with van der Waals surface area (Å²) >= 11 is 0. The maximum absolute atomic E-state index is 9.82. The van der Waals surface area contributed by atoms with Gasteiger partial charge in [0.05, 0.1) is 12.2 Å². The summed E-state index contributed by atoms with van der Waals surface area (Å²) < 4.78 is 11.5. The van der Waals surface area contributed by atoms with Crippen LogP contribution in [0.3, 0.4) is 0 Å². The standard InChI is InChI=1S/C15H22O3/c1-11(2)17-13-8-9-14(16)15(10-13)18-12-6-4-3-5-7-12/h8-12,16H,3-7H2,1-2H3. The highest BCUT2D eigenvalue weighted by molar-refractivity contribution is 5.44. The number of phenols is 1. The number of hydrogen-bond acceptors (Lipinski definition) is 3. The predicted octanol–water partition coefficient (Wildman–Crippen LogP) is 3.89. The van der Waals surface area contributed by atoms with Crippen LogP contribution in [0.4, 0.5) is 0 Å². The molecule has 0 radical (unpaired) electrons. The second kappa shape index (κ2) is 5.98. The van der Waals surface area contributed by atoms with Crippen LogP contribution in [0, 0.1) is 0 Å². The highest BCUT2D eigenvalue weighted by Crippen LogP contribution is 2.33. The van der Waals surface area contributed by atoms with E-state index >= 15 is 0 Å². The van der Waals surface area contributed by atoms with Gasteiger partial charge in [-0.05, 0) is 51.7 Å². The molecule has 2 rings (SSSR count). The summed E-state index contributed by atoms with van der Waals surface area (Å²) in [5.74, 6) is 1.48. The first-order valence-corrected chi connectivity index (χ1v) is 6.81. The zero-order valence-electron chi connectivity index (χ0n) is 11.2. The van der Waals surface area contributed by atoms with Gasteiger partial charge in [-0.15, -0.1) is 0 Å². The number of aromatic hydroxyl groups is 1. The smallest absolute Gasteiger partial charge is 0.165 e. The lowest BCUT2D eigenvalue weighted by Gasteiger charge is -2.23. The van der Waals surface area contributed by atoms with Gasteiger partial charge in [0, 0.05) is 6.07 Å². The second-order valence-electron chi connectivity index (χ2n) is 5.17. The van der Waals surface area contributed by atoms with Crippen molar-refractivity contribution in [2.75, 3.05) is 0 Å². The SMILES string of the molecule is CC(C)Oc1ccc(O)c(OC2CCCCC2)c1. The van der Waals surface area contributed by atoms with E-state index in [9.17, 15) is 5.11 Å². The molecule has 0 amide bonds. The van der Waals surface area contributed by atoms with Crippen LogP contribution in [0.2, 0.25) is 0 Å². The molecule has 0 spiro atoms. The molecule has 0 saturated heterocycles. The Morgan fingerprint density at radius 3 is 2.56 bits per heavy atom. The molecule has 0 unspecified atom stereocenters. The van der Waals surface area contributed by atoms with Crippen LogP contribution in [0.5, 0.6) is 17.2 Å². The molecule has 18 heavy (non-hydrogen) atoms. The van der Waals surface area contributed by atoms with Gasteiger partial charge < -0.3 is 14.6 Å². The minimum Gasteiger partial charge on any atom is -0.504 e. The van der Waals surface area contributed by atoms with E-state index in [0.717, 1.165) is 18.6 Å². The molecule has 3 heteroatoms. The Hall–Kier alpha value is -1.38. The van der Waals surface area contributed by atoms with Crippen molar-refractivity contribution in [2.45, 2.75) is 58.2 Å². The van der Waals surface area contributed by atoms with Crippen LogP contribution < -0.4 is 9.47 Å². The molecular weight excluding hydrogens is 228 g/mol. The van der Waals surface area contributed by atoms with E-state index in [0.29, 0.717) is 5.75 Å². The molecule has 0 aromatic heterocycles. The van der Waals surface area contributed by atoms with Crippen molar-refractivity contribution in [2.24, 2.45) is 0 Å². The molecule has 1 fully saturated rings. The summed E-state index contributed by atoms with van der Waals surface area (Å²) in [7, 11) is 0. The first-order chi connectivity index (χ1) is 8.65. The first kappa shape index (κ1) is 13.1. The number of phenolic OH excluding ortho intramolecular Hbond substituents is 1. The Labute approximate surface area is 109 Å². The van der Waals surface area contributed by atoms with Crippen LogP contribution in [-0.4, -0.2) is 17.3 Å². The van der Waals surface area contributed by atoms with E-state index in [1.54, 1.807) is 18.2 Å². The number of hydrogen-bond donors (Lipinski definition) is 1. The fraction of sp³-hybridized carbons (Fsp3) is 0.600. The van der Waals surface area contributed by atoms with E-state index in [1.807, 2.05) is 13.8 Å². The molecule has 1 N–H and O–H groups in total. The Morgan fingerprint density at radius 1 is 1.17 bits per heavy atom. The van der Waals surface area contributed by atoms with Crippen LogP contribution in [0.15, 0.2) is 18.2 Å². The lowest BCUT2D eigenvalue weighted by atomic mass is 9.98. The lowest BCUT2D eigenvalue weighted by Crippen LogP contribution is -2.19. The molecule has 0 aliphatic heterocycles. The summed E-state index contributed by atoms with van der Waals surface area (Å²) in [6, 6.07) is 5.18. The van der Waals surface area contributed by atoms with Crippen molar-refractivity contribution >= 4 is 0 Å². The molecule has 100 valence electrons. The van der Waals surface area contributed by atoms with E-state index in [-0.39, 0.29) is 18.0 Å². The van der Waals surface area contributed by atoms with E-state index in [1.165, 1.54) is 19.3 Å². The van der Waals surface area contributed by atoms with Gasteiger partial charge in [-0.3, -0.25) is 0 Å². The maximum Gasteiger partial charge on any atom is 0.165 e. The quantitative estimate of drug-likeness (QED) is 0.881. The third kappa shape index (κ3) is 3.56. The number of benzene rings is 1. The van der Waals surface area contributed by atoms with Gasteiger partial charge in [0.2, 0.25) is 0 Å². The normalized spacial score (nSPS) is 16.8. The van der Waals surface area contributed by atoms with Crippen molar-refractivity contribution < 1.29 is 14.6 Å². The molecule has 3 nitrogen and oxygen atoms in total. The predicted molar refractivity (Wildman–Crippen MR) is 71.4 cm³/mol. The summed E-state index contributed by atoms with van der Waals surface area (Å²) in [5, 5.41) is 9.82. The third-order valence-electron chi connectivity index (χ3n) is 3.15. The van der Waals surface area contributed by atoms with E-state index in [4.69, 9.17) is 9.47 Å². The molecule has 0 bridgehead atoms. The van der Waals surface area contributed by atoms with Gasteiger partial charge >= 0.3 is 0 Å². The van der Waals surface area contributed by atoms with Gasteiger partial charge in [0.15, 0.2) is 11.5 Å². The molecule has 1 aromatic rings. The number of rotatable bonds is 4.